The van der Waals surface area contributed by atoms with E-state index in [1.807, 2.05) is 6.92 Å². The number of benzene rings is 3. The molecule has 0 fully saturated rings. The molecule has 4 rings (SSSR count). The van der Waals surface area contributed by atoms with E-state index < -0.39 is 6.10 Å². The lowest BCUT2D eigenvalue weighted by atomic mass is 9.67. The second kappa shape index (κ2) is 18.6. The van der Waals surface area contributed by atoms with Crippen molar-refractivity contribution in [1.29, 1.82) is 0 Å². The molecule has 4 nitrogen and oxygen atoms in total. The second-order valence-corrected chi connectivity index (χ2v) is 23.2. The van der Waals surface area contributed by atoms with E-state index in [0.29, 0.717) is 17.9 Å². The zero-order valence-electron chi connectivity index (χ0n) is 41.1. The standard InChI is InChI=1S/C57H81NO3/c1-19-21-37(26-39-31-45(54(7,8)9)51(60)46(32-39)55(10,11)12)22-20-25-58-49-24-23-38(27-40-33-47(56(13,14)15)52(61)48(34-40)57(16,17)18)28-42(49)29-41-30-43(36(2)3)50(59)44(35-41)53(4,5)6/h19-21,23-25,28,30-35,37,47,52,58-61H,2,22,26-27,29H2,1,3-18H3/b21-19+,25-20+. The van der Waals surface area contributed by atoms with Gasteiger partial charge in [0.1, 0.15) is 11.5 Å². The zero-order valence-corrected chi connectivity index (χ0v) is 41.1. The van der Waals surface area contributed by atoms with Crippen LogP contribution in [0.2, 0.25) is 0 Å². The van der Waals surface area contributed by atoms with Gasteiger partial charge >= 0.3 is 0 Å². The summed E-state index contributed by atoms with van der Waals surface area (Å²) < 4.78 is 0. The highest BCUT2D eigenvalue weighted by Crippen LogP contribution is 2.44. The van der Waals surface area contributed by atoms with Gasteiger partial charge in [0.15, 0.2) is 0 Å². The molecule has 4 heteroatoms. The van der Waals surface area contributed by atoms with E-state index in [1.54, 1.807) is 0 Å². The molecule has 0 amide bonds. The Labute approximate surface area is 371 Å². The zero-order chi connectivity index (χ0) is 46.0. The molecule has 3 atom stereocenters. The maximum atomic E-state index is 11.6. The van der Waals surface area contributed by atoms with Crippen molar-refractivity contribution in [3.63, 3.8) is 0 Å². The molecule has 4 N–H and O–H groups in total. The highest BCUT2D eigenvalue weighted by atomic mass is 16.3. The number of aromatic hydroxyl groups is 2. The normalized spacial score (nSPS) is 17.5. The van der Waals surface area contributed by atoms with Crippen LogP contribution in [-0.4, -0.2) is 21.4 Å². The fraction of sp³-hybridized carbons (Fsp3) is 0.509. The number of allylic oxidation sites excluding steroid dienone is 6. The van der Waals surface area contributed by atoms with Gasteiger partial charge in [-0.3, -0.25) is 0 Å². The maximum Gasteiger partial charge on any atom is 0.126 e. The van der Waals surface area contributed by atoms with E-state index in [2.05, 4.69) is 202 Å². The lowest BCUT2D eigenvalue weighted by molar-refractivity contribution is 0.0817. The summed E-state index contributed by atoms with van der Waals surface area (Å²) in [5.74, 6) is 1.03. The Bertz CT molecular complexity index is 2140. The van der Waals surface area contributed by atoms with Crippen LogP contribution < -0.4 is 5.32 Å². The molecule has 1 aliphatic rings. The molecule has 0 spiro atoms. The van der Waals surface area contributed by atoms with Crippen molar-refractivity contribution in [2.24, 2.45) is 22.7 Å². The summed E-state index contributed by atoms with van der Waals surface area (Å²) in [6.45, 7) is 40.9. The van der Waals surface area contributed by atoms with Crippen LogP contribution in [0, 0.1) is 22.7 Å². The minimum absolute atomic E-state index is 0.0159. The second-order valence-electron chi connectivity index (χ2n) is 23.2. The lowest BCUT2D eigenvalue weighted by Crippen LogP contribution is -2.38. The van der Waals surface area contributed by atoms with E-state index in [9.17, 15) is 15.3 Å². The molecule has 0 heterocycles. The van der Waals surface area contributed by atoms with Gasteiger partial charge in [0.05, 0.1) is 6.10 Å². The van der Waals surface area contributed by atoms with Gasteiger partial charge in [-0.25, -0.2) is 0 Å². The molecule has 0 bridgehead atoms. The quantitative estimate of drug-likeness (QED) is 0.137. The Morgan fingerprint density at radius 2 is 1.28 bits per heavy atom. The molecule has 3 aromatic carbocycles. The van der Waals surface area contributed by atoms with Crippen molar-refractivity contribution < 1.29 is 15.3 Å². The molecule has 3 unspecified atom stereocenters. The summed E-state index contributed by atoms with van der Waals surface area (Å²) in [4.78, 5) is 0. The van der Waals surface area contributed by atoms with E-state index >= 15 is 0 Å². The molecule has 0 saturated carbocycles. The van der Waals surface area contributed by atoms with Gasteiger partial charge in [-0.1, -0.05) is 171 Å². The Morgan fingerprint density at radius 1 is 0.721 bits per heavy atom. The molecule has 3 aromatic rings. The molecular formula is C57H81NO3. The number of rotatable bonds is 12. The van der Waals surface area contributed by atoms with Crippen LogP contribution in [-0.2, 0) is 35.5 Å². The molecule has 0 aliphatic heterocycles. The van der Waals surface area contributed by atoms with E-state index in [-0.39, 0.29) is 38.9 Å². The van der Waals surface area contributed by atoms with Crippen LogP contribution in [0.4, 0.5) is 5.69 Å². The SMILES string of the molecule is C=C(C)c1cc(Cc2cc(CC3=CC(C(C)(C)C)C(O)C(C(C)(C)C)=C3)ccc2N/C=C/CC(/C=C/C)Cc2cc(C(C)(C)C)c(O)c(C(C)(C)C)c2)cc(C(C)(C)C)c1O. The van der Waals surface area contributed by atoms with Crippen molar-refractivity contribution in [3.8, 4) is 11.5 Å². The van der Waals surface area contributed by atoms with Crippen LogP contribution in [0.15, 0.2) is 96.8 Å². The monoisotopic (exact) mass is 828 g/mol. The molecule has 0 aromatic heterocycles. The van der Waals surface area contributed by atoms with Crippen molar-refractivity contribution >= 4 is 11.3 Å². The Hall–Kier alpha value is -4.28. The van der Waals surface area contributed by atoms with Crippen LogP contribution in [0.3, 0.4) is 0 Å². The number of phenols is 2. The summed E-state index contributed by atoms with van der Waals surface area (Å²) in [5, 5.41) is 37.9. The summed E-state index contributed by atoms with van der Waals surface area (Å²) in [7, 11) is 0. The molecular weight excluding hydrogens is 747 g/mol. The van der Waals surface area contributed by atoms with Crippen LogP contribution in [0.1, 0.15) is 169 Å². The van der Waals surface area contributed by atoms with Gasteiger partial charge in [0.25, 0.3) is 0 Å². The summed E-state index contributed by atoms with van der Waals surface area (Å²) in [6.07, 6.45) is 16.0. The van der Waals surface area contributed by atoms with Crippen molar-refractivity contribution in [2.45, 2.75) is 166 Å². The summed E-state index contributed by atoms with van der Waals surface area (Å²) in [5.41, 5.74) is 11.8. The molecule has 0 radical (unpaired) electrons. The lowest BCUT2D eigenvalue weighted by Gasteiger charge is -2.40. The van der Waals surface area contributed by atoms with E-state index in [0.717, 1.165) is 63.9 Å². The molecule has 1 aliphatic carbocycles. The predicted molar refractivity (Wildman–Crippen MR) is 264 cm³/mol. The van der Waals surface area contributed by atoms with Gasteiger partial charge in [-0.05, 0) is 141 Å². The summed E-state index contributed by atoms with van der Waals surface area (Å²) >= 11 is 0. The van der Waals surface area contributed by atoms with Gasteiger partial charge < -0.3 is 20.6 Å². The fourth-order valence-electron chi connectivity index (χ4n) is 8.69. The largest absolute Gasteiger partial charge is 0.507 e. The smallest absolute Gasteiger partial charge is 0.126 e. The first-order valence-corrected chi connectivity index (χ1v) is 22.6. The van der Waals surface area contributed by atoms with Gasteiger partial charge in [0, 0.05) is 22.7 Å². The first kappa shape index (κ1) is 49.4. The van der Waals surface area contributed by atoms with E-state index in [1.165, 1.54) is 22.3 Å². The van der Waals surface area contributed by atoms with Gasteiger partial charge in [-0.2, -0.15) is 0 Å². The number of hydrogen-bond acceptors (Lipinski definition) is 4. The third-order valence-corrected chi connectivity index (χ3v) is 12.2. The number of phenolic OH excluding ortho intramolecular Hbond substituents is 2. The third-order valence-electron chi connectivity index (χ3n) is 12.2. The molecule has 0 saturated heterocycles. The van der Waals surface area contributed by atoms with Crippen LogP contribution in [0.5, 0.6) is 11.5 Å². The van der Waals surface area contributed by atoms with E-state index in [4.69, 9.17) is 0 Å². The average molecular weight is 828 g/mol. The Kier molecular flexibility index (Phi) is 15.1. The summed E-state index contributed by atoms with van der Waals surface area (Å²) in [6, 6.07) is 15.4. The van der Waals surface area contributed by atoms with Crippen LogP contribution >= 0.6 is 0 Å². The number of aliphatic hydroxyl groups is 1. The Balaban J connectivity index is 1.73. The number of hydrogen-bond donors (Lipinski definition) is 4. The minimum Gasteiger partial charge on any atom is -0.507 e. The first-order valence-electron chi connectivity index (χ1n) is 22.6. The highest BCUT2D eigenvalue weighted by Gasteiger charge is 2.38. The fourth-order valence-corrected chi connectivity index (χ4v) is 8.69. The van der Waals surface area contributed by atoms with Crippen LogP contribution in [0.25, 0.3) is 5.57 Å². The molecule has 332 valence electrons. The molecule has 61 heavy (non-hydrogen) atoms. The van der Waals surface area contributed by atoms with Gasteiger partial charge in [0.2, 0.25) is 0 Å². The first-order chi connectivity index (χ1) is 27.9. The van der Waals surface area contributed by atoms with Crippen molar-refractivity contribution in [1.82, 2.24) is 0 Å². The number of nitrogens with one attached hydrogen (secondary N) is 1. The number of aliphatic hydroxyl groups excluding tert-OH is 1. The predicted octanol–water partition coefficient (Wildman–Crippen LogP) is 14.8. The average Bonchev–Trinajstić information content (AvgIpc) is 3.10. The highest BCUT2D eigenvalue weighted by molar-refractivity contribution is 5.70. The van der Waals surface area contributed by atoms with Crippen molar-refractivity contribution in [3.05, 3.63) is 141 Å². The maximum absolute atomic E-state index is 11.6. The van der Waals surface area contributed by atoms with Gasteiger partial charge in [-0.15, -0.1) is 0 Å². The third kappa shape index (κ3) is 12.7. The topological polar surface area (TPSA) is 72.7 Å². The van der Waals surface area contributed by atoms with Crippen molar-refractivity contribution in [2.75, 3.05) is 5.32 Å². The number of anilines is 1. The Morgan fingerprint density at radius 3 is 1.79 bits per heavy atom. The minimum atomic E-state index is -0.512.